The molecule has 0 aliphatic carbocycles. The molecular formula is C12H20N4O. The molecule has 3 unspecified atom stereocenters. The van der Waals surface area contributed by atoms with Crippen LogP contribution in [0.15, 0.2) is 4.99 Å². The van der Waals surface area contributed by atoms with Crippen LogP contribution in [0.2, 0.25) is 0 Å². The lowest BCUT2D eigenvalue weighted by Crippen LogP contribution is -2.64. The molecule has 3 aliphatic heterocycles. The van der Waals surface area contributed by atoms with Crippen LogP contribution in [0.3, 0.4) is 0 Å². The van der Waals surface area contributed by atoms with Crippen LogP contribution in [0, 0.1) is 5.92 Å². The van der Waals surface area contributed by atoms with Gasteiger partial charge >= 0.3 is 6.03 Å². The Kier molecular flexibility index (Phi) is 2.23. The molecule has 3 heterocycles. The lowest BCUT2D eigenvalue weighted by atomic mass is 9.76. The van der Waals surface area contributed by atoms with Gasteiger partial charge in [-0.3, -0.25) is 0 Å². The zero-order chi connectivity index (χ0) is 12.2. The highest BCUT2D eigenvalue weighted by molar-refractivity contribution is 6.06. The van der Waals surface area contributed by atoms with Gasteiger partial charge in [-0.15, -0.1) is 0 Å². The third-order valence-corrected chi connectivity index (χ3v) is 4.57. The van der Waals surface area contributed by atoms with Crippen molar-refractivity contribution in [3.63, 3.8) is 0 Å². The first-order chi connectivity index (χ1) is 8.05. The van der Waals surface area contributed by atoms with Gasteiger partial charge in [0.2, 0.25) is 0 Å². The average Bonchev–Trinajstić information content (AvgIpc) is 2.74. The molecule has 2 fully saturated rings. The molecule has 3 atom stereocenters. The Morgan fingerprint density at radius 3 is 2.94 bits per heavy atom. The maximum atomic E-state index is 12.0. The predicted molar refractivity (Wildman–Crippen MR) is 65.9 cm³/mol. The van der Waals surface area contributed by atoms with E-state index in [1.165, 1.54) is 0 Å². The molecule has 17 heavy (non-hydrogen) atoms. The fourth-order valence-corrected chi connectivity index (χ4v) is 3.84. The molecule has 0 aromatic rings. The highest BCUT2D eigenvalue weighted by Crippen LogP contribution is 2.43. The molecule has 5 heteroatoms. The van der Waals surface area contributed by atoms with E-state index in [2.05, 4.69) is 23.7 Å². The molecule has 3 aliphatic rings. The van der Waals surface area contributed by atoms with Crippen molar-refractivity contribution >= 4 is 11.9 Å². The van der Waals surface area contributed by atoms with Crippen molar-refractivity contribution in [1.29, 1.82) is 0 Å². The van der Waals surface area contributed by atoms with Gasteiger partial charge in [-0.05, 0) is 33.2 Å². The van der Waals surface area contributed by atoms with E-state index in [-0.39, 0.29) is 17.6 Å². The van der Waals surface area contributed by atoms with Crippen molar-refractivity contribution in [3.8, 4) is 0 Å². The van der Waals surface area contributed by atoms with E-state index < -0.39 is 0 Å². The molecule has 2 saturated heterocycles. The van der Waals surface area contributed by atoms with Crippen molar-refractivity contribution in [2.24, 2.45) is 16.6 Å². The van der Waals surface area contributed by atoms with Crippen LogP contribution >= 0.6 is 0 Å². The zero-order valence-electron chi connectivity index (χ0n) is 10.5. The standard InChI is InChI=1S/C12H20N4O/c1-8(2)16-11(17)14-10(13)12(16)4-6-15-5-3-9(12)7-15/h8-9H,3-7H2,1-2H3,(H2,13,14,17). The van der Waals surface area contributed by atoms with Gasteiger partial charge in [-0.25, -0.2) is 4.79 Å². The molecule has 2 bridgehead atoms. The highest BCUT2D eigenvalue weighted by Gasteiger charge is 2.57. The number of fused-ring (bicyclic) bond motifs is 3. The molecule has 94 valence electrons. The zero-order valence-corrected chi connectivity index (χ0v) is 10.5. The van der Waals surface area contributed by atoms with Crippen LogP contribution in [0.25, 0.3) is 0 Å². The quantitative estimate of drug-likeness (QED) is 0.727. The van der Waals surface area contributed by atoms with Crippen LogP contribution in [-0.2, 0) is 0 Å². The van der Waals surface area contributed by atoms with E-state index in [1.807, 2.05) is 4.90 Å². The molecule has 1 spiro atoms. The maximum Gasteiger partial charge on any atom is 0.346 e. The van der Waals surface area contributed by atoms with Gasteiger partial charge in [0.05, 0.1) is 0 Å². The lowest BCUT2D eigenvalue weighted by molar-refractivity contribution is 0.0721. The highest BCUT2D eigenvalue weighted by atomic mass is 16.2. The third kappa shape index (κ3) is 1.29. The minimum Gasteiger partial charge on any atom is -0.385 e. The van der Waals surface area contributed by atoms with Gasteiger partial charge in [0.25, 0.3) is 0 Å². The summed E-state index contributed by atoms with van der Waals surface area (Å²) in [5.41, 5.74) is 5.84. The Morgan fingerprint density at radius 2 is 2.24 bits per heavy atom. The summed E-state index contributed by atoms with van der Waals surface area (Å²) in [5, 5.41) is 0. The Bertz CT molecular complexity index is 392. The molecule has 3 rings (SSSR count). The van der Waals surface area contributed by atoms with Gasteiger partial charge in [0, 0.05) is 25.0 Å². The molecule has 0 aromatic heterocycles. The number of hydrogen-bond acceptors (Lipinski definition) is 3. The van der Waals surface area contributed by atoms with E-state index in [9.17, 15) is 4.79 Å². The first-order valence-corrected chi connectivity index (χ1v) is 6.46. The van der Waals surface area contributed by atoms with Crippen LogP contribution in [0.5, 0.6) is 0 Å². The average molecular weight is 236 g/mol. The Labute approximate surface area is 102 Å². The third-order valence-electron chi connectivity index (χ3n) is 4.57. The second-order valence-electron chi connectivity index (χ2n) is 5.70. The lowest BCUT2D eigenvalue weighted by Gasteiger charge is -2.47. The maximum absolute atomic E-state index is 12.0. The van der Waals surface area contributed by atoms with E-state index in [1.54, 1.807) is 0 Å². The second kappa shape index (κ2) is 3.45. The van der Waals surface area contributed by atoms with Gasteiger partial charge in [0.1, 0.15) is 11.4 Å². The van der Waals surface area contributed by atoms with Crippen LogP contribution in [0.1, 0.15) is 26.7 Å². The molecule has 0 radical (unpaired) electrons. The molecule has 2 N–H and O–H groups in total. The fraction of sp³-hybridized carbons (Fsp3) is 0.833. The number of rotatable bonds is 1. The molecule has 0 aromatic carbocycles. The molecule has 0 saturated carbocycles. The van der Waals surface area contributed by atoms with Crippen molar-refractivity contribution < 1.29 is 4.79 Å². The second-order valence-corrected chi connectivity index (χ2v) is 5.70. The van der Waals surface area contributed by atoms with Gasteiger partial charge in [0.15, 0.2) is 0 Å². The van der Waals surface area contributed by atoms with Crippen molar-refractivity contribution in [3.05, 3.63) is 0 Å². The number of amides is 2. The van der Waals surface area contributed by atoms with Crippen LogP contribution in [-0.4, -0.2) is 52.9 Å². The van der Waals surface area contributed by atoms with Gasteiger partial charge < -0.3 is 15.5 Å². The number of carbonyl (C=O) groups excluding carboxylic acids is 1. The SMILES string of the molecule is CC(C)N1C(=O)N=C(N)C12CCN1CCC2C1. The normalized spacial score (nSPS) is 40.5. The van der Waals surface area contributed by atoms with E-state index in [0.717, 1.165) is 32.5 Å². The number of nitrogens with two attached hydrogens (primary N) is 1. The van der Waals surface area contributed by atoms with Crippen LogP contribution in [0.4, 0.5) is 4.79 Å². The summed E-state index contributed by atoms with van der Waals surface area (Å²) in [6.07, 6.45) is 2.07. The van der Waals surface area contributed by atoms with E-state index in [0.29, 0.717) is 11.8 Å². The summed E-state index contributed by atoms with van der Waals surface area (Å²) in [6.45, 7) is 7.33. The summed E-state index contributed by atoms with van der Waals surface area (Å²) in [5.74, 6) is 1.02. The van der Waals surface area contributed by atoms with Gasteiger partial charge in [-0.1, -0.05) is 0 Å². The minimum absolute atomic E-state index is 0.141. The first-order valence-electron chi connectivity index (χ1n) is 6.46. The van der Waals surface area contributed by atoms with Crippen LogP contribution < -0.4 is 5.73 Å². The summed E-state index contributed by atoms with van der Waals surface area (Å²) in [4.78, 5) is 20.5. The number of urea groups is 1. The minimum atomic E-state index is -0.280. The summed E-state index contributed by atoms with van der Waals surface area (Å²) in [7, 11) is 0. The molecule has 5 nitrogen and oxygen atoms in total. The largest absolute Gasteiger partial charge is 0.385 e. The smallest absolute Gasteiger partial charge is 0.346 e. The summed E-state index contributed by atoms with van der Waals surface area (Å²) < 4.78 is 0. The summed E-state index contributed by atoms with van der Waals surface area (Å²) >= 11 is 0. The molecule has 2 amide bonds. The number of aliphatic imine (C=N–C) groups is 1. The Morgan fingerprint density at radius 1 is 1.47 bits per heavy atom. The monoisotopic (exact) mass is 236 g/mol. The Balaban J connectivity index is 2.03. The van der Waals surface area contributed by atoms with Crippen molar-refractivity contribution in [2.45, 2.75) is 38.3 Å². The number of carbonyl (C=O) groups is 1. The number of hydrogen-bond donors (Lipinski definition) is 1. The summed E-state index contributed by atoms with van der Waals surface area (Å²) in [6, 6.07) is 0.0253. The topological polar surface area (TPSA) is 61.9 Å². The number of piperidine rings is 1. The number of nitrogens with zero attached hydrogens (tertiary/aromatic N) is 3. The van der Waals surface area contributed by atoms with Crippen molar-refractivity contribution in [2.75, 3.05) is 19.6 Å². The van der Waals surface area contributed by atoms with E-state index in [4.69, 9.17) is 5.73 Å². The van der Waals surface area contributed by atoms with Gasteiger partial charge in [-0.2, -0.15) is 4.99 Å². The first kappa shape index (κ1) is 11.0. The van der Waals surface area contributed by atoms with E-state index >= 15 is 0 Å². The molecular weight excluding hydrogens is 216 g/mol. The Hall–Kier alpha value is -1.10. The van der Waals surface area contributed by atoms with Crippen molar-refractivity contribution in [1.82, 2.24) is 9.80 Å². The predicted octanol–water partition coefficient (Wildman–Crippen LogP) is 0.652. The fourth-order valence-electron chi connectivity index (χ4n) is 3.84. The number of amidine groups is 1.